The summed E-state index contributed by atoms with van der Waals surface area (Å²) < 4.78 is 2.10. The molecular formula is C20H27ClN4O. The number of aromatic nitrogens is 2. The lowest BCUT2D eigenvalue weighted by molar-refractivity contribution is -0.139. The first-order valence-corrected chi connectivity index (χ1v) is 9.58. The zero-order chi connectivity index (χ0) is 18.5. The molecule has 0 atom stereocenters. The number of amides is 1. The van der Waals surface area contributed by atoms with Gasteiger partial charge in [-0.05, 0) is 44.6 Å². The van der Waals surface area contributed by atoms with Crippen molar-refractivity contribution in [2.75, 3.05) is 27.2 Å². The van der Waals surface area contributed by atoms with Gasteiger partial charge in [-0.25, -0.2) is 4.98 Å². The smallest absolute Gasteiger partial charge is 0.226 e. The molecule has 1 aromatic heterocycles. The minimum absolute atomic E-state index is 0.202. The lowest BCUT2D eigenvalue weighted by Crippen LogP contribution is -2.42. The molecule has 0 aliphatic heterocycles. The van der Waals surface area contributed by atoms with Gasteiger partial charge in [0.15, 0.2) is 0 Å². The van der Waals surface area contributed by atoms with Gasteiger partial charge >= 0.3 is 0 Å². The molecule has 1 saturated carbocycles. The molecular weight excluding hydrogens is 348 g/mol. The highest BCUT2D eigenvalue weighted by Crippen LogP contribution is 2.28. The maximum atomic E-state index is 12.8. The van der Waals surface area contributed by atoms with Gasteiger partial charge in [0.25, 0.3) is 0 Å². The molecule has 6 heteroatoms. The Morgan fingerprint density at radius 1 is 1.31 bits per heavy atom. The van der Waals surface area contributed by atoms with E-state index < -0.39 is 0 Å². The van der Waals surface area contributed by atoms with E-state index in [2.05, 4.69) is 20.5 Å². The van der Waals surface area contributed by atoms with Gasteiger partial charge in [-0.2, -0.15) is 0 Å². The summed E-state index contributed by atoms with van der Waals surface area (Å²) in [7, 11) is 4.07. The number of benzene rings is 1. The largest absolute Gasteiger partial charge is 0.334 e. The fraction of sp³-hybridized carbons (Fsp3) is 0.500. The number of carbonyl (C=O) groups excluding carboxylic acids is 1. The molecule has 0 saturated heterocycles. The van der Waals surface area contributed by atoms with Crippen molar-refractivity contribution in [3.8, 4) is 0 Å². The van der Waals surface area contributed by atoms with E-state index in [1.165, 1.54) is 6.42 Å². The van der Waals surface area contributed by atoms with Gasteiger partial charge in [0.2, 0.25) is 5.91 Å². The Morgan fingerprint density at radius 2 is 2.12 bits per heavy atom. The van der Waals surface area contributed by atoms with E-state index in [0.29, 0.717) is 13.1 Å². The Balaban J connectivity index is 1.72. The SMILES string of the molecule is CN(C)CCN(Cc1nccn1Cc1cccc(Cl)c1)C(=O)C1CCC1. The molecule has 3 rings (SSSR count). The fourth-order valence-electron chi connectivity index (χ4n) is 3.14. The van der Waals surface area contributed by atoms with Crippen LogP contribution in [0.2, 0.25) is 5.02 Å². The lowest BCUT2D eigenvalue weighted by atomic mass is 9.84. The summed E-state index contributed by atoms with van der Waals surface area (Å²) in [5.74, 6) is 1.39. The second-order valence-corrected chi connectivity index (χ2v) is 7.73. The van der Waals surface area contributed by atoms with E-state index in [1.54, 1.807) is 6.20 Å². The van der Waals surface area contributed by atoms with Crippen LogP contribution in [-0.2, 0) is 17.9 Å². The van der Waals surface area contributed by atoms with Gasteiger partial charge in [0.05, 0.1) is 6.54 Å². The third-order valence-electron chi connectivity index (χ3n) is 4.96. The predicted molar refractivity (Wildman–Crippen MR) is 104 cm³/mol. The number of rotatable bonds is 8. The van der Waals surface area contributed by atoms with Crippen LogP contribution >= 0.6 is 11.6 Å². The molecule has 0 bridgehead atoms. The number of likely N-dealkylation sites (N-methyl/N-ethyl adjacent to an activating group) is 1. The normalized spacial score (nSPS) is 14.5. The summed E-state index contributed by atoms with van der Waals surface area (Å²) in [6.45, 7) is 2.84. The predicted octanol–water partition coefficient (Wildman–Crippen LogP) is 3.28. The molecule has 1 aliphatic rings. The van der Waals surface area contributed by atoms with E-state index in [1.807, 2.05) is 43.4 Å². The number of nitrogens with zero attached hydrogens (tertiary/aromatic N) is 4. The van der Waals surface area contributed by atoms with Crippen LogP contribution in [0.15, 0.2) is 36.7 Å². The summed E-state index contributed by atoms with van der Waals surface area (Å²) in [4.78, 5) is 21.4. The van der Waals surface area contributed by atoms with Crippen LogP contribution in [0.3, 0.4) is 0 Å². The first-order valence-electron chi connectivity index (χ1n) is 9.21. The summed E-state index contributed by atoms with van der Waals surface area (Å²) in [5, 5.41) is 0.733. The van der Waals surface area contributed by atoms with Crippen LogP contribution in [0.4, 0.5) is 0 Å². The van der Waals surface area contributed by atoms with E-state index in [0.717, 1.165) is 42.3 Å². The molecule has 140 valence electrons. The molecule has 2 aromatic rings. The number of carbonyl (C=O) groups is 1. The Kier molecular flexibility index (Phi) is 6.33. The van der Waals surface area contributed by atoms with Gasteiger partial charge in [0, 0.05) is 43.0 Å². The molecule has 26 heavy (non-hydrogen) atoms. The third kappa shape index (κ3) is 4.86. The summed E-state index contributed by atoms with van der Waals surface area (Å²) in [6.07, 6.45) is 6.98. The van der Waals surface area contributed by atoms with Crippen LogP contribution in [0.1, 0.15) is 30.7 Å². The Bertz CT molecular complexity index is 739. The van der Waals surface area contributed by atoms with Gasteiger partial charge < -0.3 is 14.4 Å². The zero-order valence-corrected chi connectivity index (χ0v) is 16.3. The van der Waals surface area contributed by atoms with Crippen molar-refractivity contribution in [2.45, 2.75) is 32.4 Å². The van der Waals surface area contributed by atoms with Crippen LogP contribution < -0.4 is 0 Å². The standard InChI is InChI=1S/C20H27ClN4O/c1-23(2)11-12-25(20(26)17-6-4-7-17)15-19-22-9-10-24(19)14-16-5-3-8-18(21)13-16/h3,5,8-10,13,17H,4,6-7,11-12,14-15H2,1-2H3. The number of hydrogen-bond acceptors (Lipinski definition) is 3. The number of halogens is 1. The molecule has 5 nitrogen and oxygen atoms in total. The number of hydrogen-bond donors (Lipinski definition) is 0. The quantitative estimate of drug-likeness (QED) is 0.712. The Morgan fingerprint density at radius 3 is 2.77 bits per heavy atom. The molecule has 1 heterocycles. The summed E-state index contributed by atoms with van der Waals surface area (Å²) >= 11 is 6.10. The first kappa shape index (κ1) is 18.9. The zero-order valence-electron chi connectivity index (χ0n) is 15.6. The highest BCUT2D eigenvalue weighted by Gasteiger charge is 2.30. The van der Waals surface area contributed by atoms with Crippen molar-refractivity contribution in [1.82, 2.24) is 19.4 Å². The van der Waals surface area contributed by atoms with Crippen molar-refractivity contribution in [3.63, 3.8) is 0 Å². The maximum absolute atomic E-state index is 12.8. The van der Waals surface area contributed by atoms with E-state index in [4.69, 9.17) is 11.6 Å². The first-order chi connectivity index (χ1) is 12.5. The second-order valence-electron chi connectivity index (χ2n) is 7.29. The molecule has 0 spiro atoms. The highest BCUT2D eigenvalue weighted by atomic mass is 35.5. The Labute approximate surface area is 160 Å². The molecule has 1 aliphatic carbocycles. The lowest BCUT2D eigenvalue weighted by Gasteiger charge is -2.32. The van der Waals surface area contributed by atoms with Crippen LogP contribution in [-0.4, -0.2) is 52.4 Å². The topological polar surface area (TPSA) is 41.4 Å². The van der Waals surface area contributed by atoms with Crippen molar-refractivity contribution >= 4 is 17.5 Å². The average molecular weight is 375 g/mol. The molecule has 1 fully saturated rings. The van der Waals surface area contributed by atoms with Crippen molar-refractivity contribution in [2.24, 2.45) is 5.92 Å². The Hall–Kier alpha value is -1.85. The summed E-state index contributed by atoms with van der Waals surface area (Å²) in [5.41, 5.74) is 1.13. The van der Waals surface area contributed by atoms with Gasteiger partial charge in [0.1, 0.15) is 5.82 Å². The summed E-state index contributed by atoms with van der Waals surface area (Å²) in [6, 6.07) is 7.85. The third-order valence-corrected chi connectivity index (χ3v) is 5.19. The van der Waals surface area contributed by atoms with Crippen LogP contribution in [0, 0.1) is 5.92 Å². The van der Waals surface area contributed by atoms with Crippen molar-refractivity contribution in [3.05, 3.63) is 53.1 Å². The minimum atomic E-state index is 0.202. The van der Waals surface area contributed by atoms with E-state index in [-0.39, 0.29) is 11.8 Å². The molecule has 0 N–H and O–H groups in total. The second kappa shape index (κ2) is 8.69. The molecule has 1 aromatic carbocycles. The van der Waals surface area contributed by atoms with Gasteiger partial charge in [-0.1, -0.05) is 30.2 Å². The van der Waals surface area contributed by atoms with Crippen molar-refractivity contribution < 1.29 is 4.79 Å². The number of imidazole rings is 1. The van der Waals surface area contributed by atoms with Crippen molar-refractivity contribution in [1.29, 1.82) is 0 Å². The molecule has 0 radical (unpaired) electrons. The molecule has 1 amide bonds. The average Bonchev–Trinajstić information content (AvgIpc) is 2.96. The highest BCUT2D eigenvalue weighted by molar-refractivity contribution is 6.30. The van der Waals surface area contributed by atoms with E-state index in [9.17, 15) is 4.79 Å². The van der Waals surface area contributed by atoms with Gasteiger partial charge in [-0.3, -0.25) is 4.79 Å². The van der Waals surface area contributed by atoms with Gasteiger partial charge in [-0.15, -0.1) is 0 Å². The molecule has 0 unspecified atom stereocenters. The van der Waals surface area contributed by atoms with Crippen LogP contribution in [0.5, 0.6) is 0 Å². The van der Waals surface area contributed by atoms with E-state index >= 15 is 0 Å². The monoisotopic (exact) mass is 374 g/mol. The maximum Gasteiger partial charge on any atom is 0.226 e. The fourth-order valence-corrected chi connectivity index (χ4v) is 3.35. The minimum Gasteiger partial charge on any atom is -0.334 e. The van der Waals surface area contributed by atoms with Crippen LogP contribution in [0.25, 0.3) is 0 Å².